The van der Waals surface area contributed by atoms with Crippen LogP contribution >= 0.6 is 0 Å². The summed E-state index contributed by atoms with van der Waals surface area (Å²) < 4.78 is 54.2. The standard InChI is InChI=1S/C17H16F2N2O3S/c1-11-10-12(7-8-15(11)21-9-3-6-16(21)22)20-25(23,24)17-13(18)4-2-5-14(17)19/h2,4-5,7-8,10,20H,3,6,9H2,1H3. The molecule has 0 spiro atoms. The molecule has 0 aromatic heterocycles. The summed E-state index contributed by atoms with van der Waals surface area (Å²) in [5.74, 6) is -2.31. The maximum Gasteiger partial charge on any atom is 0.267 e. The number of rotatable bonds is 4. The van der Waals surface area contributed by atoms with Crippen LogP contribution in [0.5, 0.6) is 0 Å². The summed E-state index contributed by atoms with van der Waals surface area (Å²) >= 11 is 0. The van der Waals surface area contributed by atoms with Crippen molar-refractivity contribution in [1.82, 2.24) is 0 Å². The highest BCUT2D eigenvalue weighted by molar-refractivity contribution is 7.92. The lowest BCUT2D eigenvalue weighted by Gasteiger charge is -2.19. The third kappa shape index (κ3) is 3.34. The number of hydrogen-bond acceptors (Lipinski definition) is 3. The Morgan fingerprint density at radius 2 is 1.80 bits per heavy atom. The van der Waals surface area contributed by atoms with E-state index < -0.39 is 26.6 Å². The van der Waals surface area contributed by atoms with E-state index in [1.54, 1.807) is 17.9 Å². The summed E-state index contributed by atoms with van der Waals surface area (Å²) in [6.45, 7) is 2.35. The summed E-state index contributed by atoms with van der Waals surface area (Å²) in [6.07, 6.45) is 1.26. The van der Waals surface area contributed by atoms with E-state index in [0.717, 1.165) is 24.6 Å². The number of aryl methyl sites for hydroxylation is 1. The van der Waals surface area contributed by atoms with Crippen molar-refractivity contribution in [2.75, 3.05) is 16.2 Å². The van der Waals surface area contributed by atoms with Crippen LogP contribution in [0, 0.1) is 18.6 Å². The van der Waals surface area contributed by atoms with E-state index in [4.69, 9.17) is 0 Å². The molecule has 0 unspecified atom stereocenters. The molecule has 0 radical (unpaired) electrons. The topological polar surface area (TPSA) is 66.5 Å². The van der Waals surface area contributed by atoms with Crippen molar-refractivity contribution in [2.24, 2.45) is 0 Å². The fourth-order valence-corrected chi connectivity index (χ4v) is 4.06. The van der Waals surface area contributed by atoms with Crippen LogP contribution in [0.4, 0.5) is 20.2 Å². The molecule has 0 aliphatic carbocycles. The van der Waals surface area contributed by atoms with E-state index in [0.29, 0.717) is 24.2 Å². The molecule has 8 heteroatoms. The molecule has 2 aromatic carbocycles. The number of hydrogen-bond donors (Lipinski definition) is 1. The quantitative estimate of drug-likeness (QED) is 0.904. The first-order valence-corrected chi connectivity index (χ1v) is 9.16. The molecule has 0 atom stereocenters. The number of benzene rings is 2. The van der Waals surface area contributed by atoms with Crippen LogP contribution in [0.1, 0.15) is 18.4 Å². The van der Waals surface area contributed by atoms with E-state index in [-0.39, 0.29) is 11.6 Å². The molecule has 1 heterocycles. The zero-order valence-electron chi connectivity index (χ0n) is 13.4. The van der Waals surface area contributed by atoms with Gasteiger partial charge in [-0.1, -0.05) is 6.07 Å². The highest BCUT2D eigenvalue weighted by Crippen LogP contribution is 2.29. The van der Waals surface area contributed by atoms with Crippen LogP contribution in [0.15, 0.2) is 41.3 Å². The molecule has 1 N–H and O–H groups in total. The summed E-state index contributed by atoms with van der Waals surface area (Å²) in [5.41, 5.74) is 1.54. The zero-order chi connectivity index (χ0) is 18.2. The molecule has 0 bridgehead atoms. The van der Waals surface area contributed by atoms with E-state index in [1.165, 1.54) is 12.1 Å². The minimum Gasteiger partial charge on any atom is -0.312 e. The fraction of sp³-hybridized carbons (Fsp3) is 0.235. The molecule has 3 rings (SSSR count). The number of amides is 1. The summed E-state index contributed by atoms with van der Waals surface area (Å²) in [6, 6.07) is 7.46. The predicted octanol–water partition coefficient (Wildman–Crippen LogP) is 3.20. The Bertz CT molecular complexity index is 925. The van der Waals surface area contributed by atoms with Gasteiger partial charge in [-0.15, -0.1) is 0 Å². The van der Waals surface area contributed by atoms with Gasteiger partial charge in [0.05, 0.1) is 0 Å². The molecule has 1 fully saturated rings. The first-order chi connectivity index (χ1) is 11.8. The minimum atomic E-state index is -4.41. The zero-order valence-corrected chi connectivity index (χ0v) is 14.2. The van der Waals surface area contributed by atoms with Gasteiger partial charge in [-0.05, 0) is 49.2 Å². The van der Waals surface area contributed by atoms with Crippen molar-refractivity contribution in [3.05, 3.63) is 53.6 Å². The smallest absolute Gasteiger partial charge is 0.267 e. The third-order valence-corrected chi connectivity index (χ3v) is 5.43. The maximum absolute atomic E-state index is 13.7. The highest BCUT2D eigenvalue weighted by atomic mass is 32.2. The van der Waals surface area contributed by atoms with Gasteiger partial charge >= 0.3 is 0 Å². The van der Waals surface area contributed by atoms with Gasteiger partial charge in [0.15, 0.2) is 4.90 Å². The Hall–Kier alpha value is -2.48. The van der Waals surface area contributed by atoms with Gasteiger partial charge in [-0.3, -0.25) is 9.52 Å². The van der Waals surface area contributed by atoms with Crippen LogP contribution in [0.2, 0.25) is 0 Å². The van der Waals surface area contributed by atoms with Crippen molar-refractivity contribution in [3.8, 4) is 0 Å². The van der Waals surface area contributed by atoms with Crippen molar-refractivity contribution < 1.29 is 22.0 Å². The Labute approximate surface area is 144 Å². The second kappa shape index (κ2) is 6.44. The van der Waals surface area contributed by atoms with Crippen molar-refractivity contribution in [1.29, 1.82) is 0 Å². The Morgan fingerprint density at radius 3 is 2.36 bits per heavy atom. The molecule has 1 aliphatic rings. The molecule has 132 valence electrons. The van der Waals surface area contributed by atoms with Crippen molar-refractivity contribution in [3.63, 3.8) is 0 Å². The van der Waals surface area contributed by atoms with Gasteiger partial charge in [0.1, 0.15) is 11.6 Å². The van der Waals surface area contributed by atoms with Crippen molar-refractivity contribution in [2.45, 2.75) is 24.7 Å². The molecular formula is C17H16F2N2O3S. The highest BCUT2D eigenvalue weighted by Gasteiger charge is 2.25. The lowest BCUT2D eigenvalue weighted by atomic mass is 10.1. The van der Waals surface area contributed by atoms with E-state index in [2.05, 4.69) is 4.72 Å². The van der Waals surface area contributed by atoms with Crippen LogP contribution in [0.25, 0.3) is 0 Å². The van der Waals surface area contributed by atoms with Gasteiger partial charge in [0.2, 0.25) is 5.91 Å². The van der Waals surface area contributed by atoms with E-state index >= 15 is 0 Å². The van der Waals surface area contributed by atoms with Crippen LogP contribution in [-0.4, -0.2) is 20.9 Å². The number of sulfonamides is 1. The van der Waals surface area contributed by atoms with Crippen molar-refractivity contribution >= 4 is 27.3 Å². The van der Waals surface area contributed by atoms with Gasteiger partial charge in [-0.25, -0.2) is 17.2 Å². The Morgan fingerprint density at radius 1 is 1.12 bits per heavy atom. The molecule has 1 saturated heterocycles. The normalized spacial score (nSPS) is 14.8. The first-order valence-electron chi connectivity index (χ1n) is 7.67. The number of carbonyl (C=O) groups is 1. The number of nitrogens with zero attached hydrogens (tertiary/aromatic N) is 1. The SMILES string of the molecule is Cc1cc(NS(=O)(=O)c2c(F)cccc2F)ccc1N1CCCC1=O. The second-order valence-corrected chi connectivity index (χ2v) is 7.43. The van der Waals surface area contributed by atoms with Gasteiger partial charge in [-0.2, -0.15) is 0 Å². The summed E-state index contributed by atoms with van der Waals surface area (Å²) in [5, 5.41) is 0. The monoisotopic (exact) mass is 366 g/mol. The number of halogens is 2. The third-order valence-electron chi connectivity index (χ3n) is 4.00. The molecule has 0 saturated carbocycles. The summed E-state index contributed by atoms with van der Waals surface area (Å²) in [4.78, 5) is 12.5. The molecular weight excluding hydrogens is 350 g/mol. The van der Waals surface area contributed by atoms with Crippen LogP contribution in [-0.2, 0) is 14.8 Å². The minimum absolute atomic E-state index is 0.0184. The first kappa shape index (κ1) is 17.3. The number of anilines is 2. The Balaban J connectivity index is 1.91. The Kier molecular flexibility index (Phi) is 4.47. The number of nitrogens with one attached hydrogen (secondary N) is 1. The second-order valence-electron chi connectivity index (χ2n) is 5.81. The van der Waals surface area contributed by atoms with Gasteiger partial charge in [0, 0.05) is 24.3 Å². The molecule has 2 aromatic rings. The maximum atomic E-state index is 13.7. The average molecular weight is 366 g/mol. The molecule has 25 heavy (non-hydrogen) atoms. The predicted molar refractivity (Wildman–Crippen MR) is 89.9 cm³/mol. The van der Waals surface area contributed by atoms with Crippen LogP contribution in [0.3, 0.4) is 0 Å². The fourth-order valence-electron chi connectivity index (χ4n) is 2.87. The van der Waals surface area contributed by atoms with Gasteiger partial charge in [0.25, 0.3) is 10.0 Å². The lowest BCUT2D eigenvalue weighted by Crippen LogP contribution is -2.24. The molecule has 5 nitrogen and oxygen atoms in total. The van der Waals surface area contributed by atoms with E-state index in [1.807, 2.05) is 0 Å². The van der Waals surface area contributed by atoms with Crippen LogP contribution < -0.4 is 9.62 Å². The average Bonchev–Trinajstić information content (AvgIpc) is 2.92. The van der Waals surface area contributed by atoms with Gasteiger partial charge < -0.3 is 4.90 Å². The molecule has 1 amide bonds. The number of carbonyl (C=O) groups excluding carboxylic acids is 1. The lowest BCUT2D eigenvalue weighted by molar-refractivity contribution is -0.117. The molecule has 1 aliphatic heterocycles. The summed E-state index contributed by atoms with van der Waals surface area (Å²) in [7, 11) is -4.41. The largest absolute Gasteiger partial charge is 0.312 e. The van der Waals surface area contributed by atoms with E-state index in [9.17, 15) is 22.0 Å².